The van der Waals surface area contributed by atoms with Crippen LogP contribution in [0, 0.1) is 0 Å². The summed E-state index contributed by atoms with van der Waals surface area (Å²) in [6, 6.07) is 2.01. The fourth-order valence-corrected chi connectivity index (χ4v) is 3.35. The molecule has 1 fully saturated rings. The van der Waals surface area contributed by atoms with Crippen molar-refractivity contribution < 1.29 is 24.8 Å². The van der Waals surface area contributed by atoms with Crippen LogP contribution < -0.4 is 9.47 Å². The van der Waals surface area contributed by atoms with E-state index in [1.807, 2.05) is 0 Å². The lowest BCUT2D eigenvalue weighted by Gasteiger charge is -2.34. The van der Waals surface area contributed by atoms with Crippen LogP contribution >= 0.6 is 11.8 Å². The molecule has 3 heterocycles. The molecular weight excluding hydrogens is 334 g/mol. The van der Waals surface area contributed by atoms with Crippen molar-refractivity contribution in [3.63, 3.8) is 0 Å². The van der Waals surface area contributed by atoms with E-state index in [4.69, 9.17) is 9.47 Å². The molecule has 24 heavy (non-hydrogen) atoms. The third-order valence-electron chi connectivity index (χ3n) is 3.56. The zero-order chi connectivity index (χ0) is 17.1. The minimum Gasteiger partial charge on any atom is -0.475 e. The molecule has 3 N–H and O–H groups in total. The molecule has 0 bridgehead atoms. The highest BCUT2D eigenvalue weighted by Gasteiger charge is 2.38. The summed E-state index contributed by atoms with van der Waals surface area (Å²) in [5, 5.41) is 29.3. The van der Waals surface area contributed by atoms with Gasteiger partial charge in [0.1, 0.15) is 18.0 Å². The van der Waals surface area contributed by atoms with Gasteiger partial charge >= 0.3 is 6.01 Å². The van der Waals surface area contributed by atoms with Crippen molar-refractivity contribution in [1.29, 1.82) is 0 Å². The van der Waals surface area contributed by atoms with E-state index < -0.39 is 23.7 Å². The first-order valence-corrected chi connectivity index (χ1v) is 8.27. The number of nitrogens with zero attached hydrogens (tertiary/aromatic N) is 3. The van der Waals surface area contributed by atoms with Gasteiger partial charge in [-0.2, -0.15) is 0 Å². The Bertz CT molecular complexity index is 687. The molecule has 4 atom stereocenters. The number of hydrogen-bond donors (Lipinski definition) is 3. The van der Waals surface area contributed by atoms with Gasteiger partial charge in [-0.05, 0) is 6.07 Å². The van der Waals surface area contributed by atoms with E-state index in [9.17, 15) is 15.3 Å². The third kappa shape index (κ3) is 3.59. The quantitative estimate of drug-likeness (QED) is 0.704. The SMILES string of the molecule is COc1ncc(-c2cncc(O[C@@H]3SC[C@@H](O)[C@H](O)[C@H]3O)c2)cn1. The average molecular weight is 351 g/mol. The van der Waals surface area contributed by atoms with Crippen molar-refractivity contribution in [3.8, 4) is 22.9 Å². The number of aromatic nitrogens is 3. The zero-order valence-electron chi connectivity index (χ0n) is 12.8. The van der Waals surface area contributed by atoms with Crippen molar-refractivity contribution in [1.82, 2.24) is 15.0 Å². The molecule has 0 unspecified atom stereocenters. The molecule has 0 aromatic carbocycles. The molecule has 8 nitrogen and oxygen atoms in total. The van der Waals surface area contributed by atoms with Crippen molar-refractivity contribution in [2.24, 2.45) is 0 Å². The van der Waals surface area contributed by atoms with Gasteiger partial charge in [0.25, 0.3) is 0 Å². The van der Waals surface area contributed by atoms with Crippen LogP contribution in [0.15, 0.2) is 30.9 Å². The lowest BCUT2D eigenvalue weighted by molar-refractivity contribution is -0.0786. The Hall–Kier alpha value is -1.94. The summed E-state index contributed by atoms with van der Waals surface area (Å²) in [5.74, 6) is 0.714. The highest BCUT2D eigenvalue weighted by atomic mass is 32.2. The Morgan fingerprint density at radius 1 is 1.04 bits per heavy atom. The monoisotopic (exact) mass is 351 g/mol. The highest BCUT2D eigenvalue weighted by molar-refractivity contribution is 7.99. The number of methoxy groups -OCH3 is 1. The van der Waals surface area contributed by atoms with E-state index in [1.165, 1.54) is 25.1 Å². The maximum absolute atomic E-state index is 10.0. The van der Waals surface area contributed by atoms with Crippen LogP contribution in [0.4, 0.5) is 0 Å². The van der Waals surface area contributed by atoms with Crippen LogP contribution in [-0.4, -0.2) is 66.9 Å². The van der Waals surface area contributed by atoms with E-state index >= 15 is 0 Å². The molecule has 0 saturated carbocycles. The molecule has 9 heteroatoms. The predicted octanol–water partition coefficient (Wildman–Crippen LogP) is 0.0816. The van der Waals surface area contributed by atoms with Gasteiger partial charge in [-0.15, -0.1) is 11.8 Å². The summed E-state index contributed by atoms with van der Waals surface area (Å²) in [6.45, 7) is 0. The zero-order valence-corrected chi connectivity index (χ0v) is 13.6. The lowest BCUT2D eigenvalue weighted by atomic mass is 10.1. The van der Waals surface area contributed by atoms with Crippen LogP contribution in [0.2, 0.25) is 0 Å². The number of aliphatic hydroxyl groups is 3. The maximum atomic E-state index is 10.0. The van der Waals surface area contributed by atoms with E-state index in [2.05, 4.69) is 15.0 Å². The minimum atomic E-state index is -1.23. The van der Waals surface area contributed by atoms with E-state index in [0.717, 1.165) is 11.1 Å². The third-order valence-corrected chi connectivity index (χ3v) is 4.80. The van der Waals surface area contributed by atoms with Crippen molar-refractivity contribution in [2.45, 2.75) is 23.7 Å². The first-order valence-electron chi connectivity index (χ1n) is 7.22. The molecule has 0 spiro atoms. The van der Waals surface area contributed by atoms with Crippen LogP contribution in [0.3, 0.4) is 0 Å². The second-order valence-electron chi connectivity index (χ2n) is 5.24. The van der Waals surface area contributed by atoms with Crippen LogP contribution in [0.5, 0.6) is 11.8 Å². The molecule has 0 amide bonds. The summed E-state index contributed by atoms with van der Waals surface area (Å²) in [7, 11) is 1.49. The Labute approximate surface area is 142 Å². The molecule has 128 valence electrons. The summed E-state index contributed by atoms with van der Waals surface area (Å²) in [6.07, 6.45) is 2.98. The fourth-order valence-electron chi connectivity index (χ4n) is 2.23. The number of aliphatic hydroxyl groups excluding tert-OH is 3. The summed E-state index contributed by atoms with van der Waals surface area (Å²) in [5.41, 5.74) is 0.791. The minimum absolute atomic E-state index is 0.272. The Morgan fingerprint density at radius 3 is 2.50 bits per heavy atom. The number of pyridine rings is 1. The summed E-state index contributed by atoms with van der Waals surface area (Å²) >= 11 is 1.23. The van der Waals surface area contributed by atoms with Crippen LogP contribution in [0.25, 0.3) is 11.1 Å². The first-order chi connectivity index (χ1) is 11.6. The van der Waals surface area contributed by atoms with Crippen molar-refractivity contribution >= 4 is 11.8 Å². The van der Waals surface area contributed by atoms with E-state index in [1.54, 1.807) is 24.7 Å². The molecular formula is C15H17N3O5S. The smallest absolute Gasteiger partial charge is 0.316 e. The Kier molecular flexibility index (Phi) is 5.14. The normalized spacial score (nSPS) is 26.8. The topological polar surface area (TPSA) is 118 Å². The van der Waals surface area contributed by atoms with Crippen molar-refractivity contribution in [2.75, 3.05) is 12.9 Å². The van der Waals surface area contributed by atoms with Crippen LogP contribution in [0.1, 0.15) is 0 Å². The molecule has 1 saturated heterocycles. The van der Waals surface area contributed by atoms with Crippen molar-refractivity contribution in [3.05, 3.63) is 30.9 Å². The van der Waals surface area contributed by atoms with Gasteiger partial charge in [0, 0.05) is 35.5 Å². The number of hydrogen-bond acceptors (Lipinski definition) is 9. The van der Waals surface area contributed by atoms with Gasteiger partial charge in [0.2, 0.25) is 0 Å². The molecule has 2 aromatic heterocycles. The highest BCUT2D eigenvalue weighted by Crippen LogP contribution is 2.30. The molecule has 0 aliphatic carbocycles. The first kappa shape index (κ1) is 16.9. The largest absolute Gasteiger partial charge is 0.475 e. The van der Waals surface area contributed by atoms with Crippen LogP contribution in [-0.2, 0) is 0 Å². The number of ether oxygens (including phenoxy) is 2. The molecule has 1 aliphatic rings. The van der Waals surface area contributed by atoms with Gasteiger partial charge in [-0.25, -0.2) is 9.97 Å². The van der Waals surface area contributed by atoms with Gasteiger partial charge in [0.15, 0.2) is 5.44 Å². The Balaban J connectivity index is 1.75. The van der Waals surface area contributed by atoms with Gasteiger partial charge in [-0.3, -0.25) is 4.98 Å². The second-order valence-corrected chi connectivity index (χ2v) is 6.37. The molecule has 2 aromatic rings. The molecule has 1 aliphatic heterocycles. The summed E-state index contributed by atoms with van der Waals surface area (Å²) < 4.78 is 10.6. The number of rotatable bonds is 4. The standard InChI is InChI=1S/C15H17N3O5S/c1-22-15-17-4-9(5-18-15)8-2-10(6-16-3-8)23-14-13(21)12(20)11(19)7-24-14/h2-6,11-14,19-21H,7H2,1H3/t11-,12+,13-,14-/m1/s1. The van der Waals surface area contributed by atoms with Gasteiger partial charge < -0.3 is 24.8 Å². The Morgan fingerprint density at radius 2 is 1.79 bits per heavy atom. The summed E-state index contributed by atoms with van der Waals surface area (Å²) in [4.78, 5) is 12.2. The number of thioether (sulfide) groups is 1. The van der Waals surface area contributed by atoms with E-state index in [0.29, 0.717) is 5.75 Å². The van der Waals surface area contributed by atoms with Gasteiger partial charge in [-0.1, -0.05) is 0 Å². The lowest BCUT2D eigenvalue weighted by Crippen LogP contribution is -2.50. The molecule has 0 radical (unpaired) electrons. The van der Waals surface area contributed by atoms with E-state index in [-0.39, 0.29) is 11.8 Å². The predicted molar refractivity (Wildman–Crippen MR) is 86.7 cm³/mol. The fraction of sp³-hybridized carbons (Fsp3) is 0.400. The maximum Gasteiger partial charge on any atom is 0.316 e. The second kappa shape index (κ2) is 7.31. The van der Waals surface area contributed by atoms with Gasteiger partial charge in [0.05, 0.1) is 19.4 Å². The average Bonchev–Trinajstić information content (AvgIpc) is 2.62. The molecule has 3 rings (SSSR count).